The van der Waals surface area contributed by atoms with Crippen LogP contribution in [0.3, 0.4) is 0 Å². The van der Waals surface area contributed by atoms with Gasteiger partial charge >= 0.3 is 0 Å². The second-order valence-corrected chi connectivity index (χ2v) is 6.30. The summed E-state index contributed by atoms with van der Waals surface area (Å²) in [6, 6.07) is 8.36. The second kappa shape index (κ2) is 10.6. The van der Waals surface area contributed by atoms with E-state index < -0.39 is 0 Å². The molecule has 0 radical (unpaired) electrons. The number of nitrogens with zero attached hydrogens (tertiary/aromatic N) is 1. The minimum Gasteiger partial charge on any atom is -0.481 e. The number of aliphatic imine (C=N–C) groups is 1. The molecule has 2 rings (SSSR count). The minimum absolute atomic E-state index is 0.134. The van der Waals surface area contributed by atoms with Gasteiger partial charge in [0.25, 0.3) is 0 Å². The number of ether oxygens (including phenoxy) is 1. The molecule has 0 saturated heterocycles. The average molecular weight is 343 g/mol. The van der Waals surface area contributed by atoms with Crippen LogP contribution in [0.2, 0.25) is 0 Å². The first-order valence-electron chi connectivity index (χ1n) is 9.09. The molecule has 1 saturated carbocycles. The summed E-state index contributed by atoms with van der Waals surface area (Å²) in [6.45, 7) is 3.91. The number of guanidine groups is 1. The molecule has 0 aromatic heterocycles. The monoisotopic (exact) mass is 343 g/mol. The van der Waals surface area contributed by atoms with Gasteiger partial charge in [0.15, 0.2) is 5.96 Å². The Hall–Kier alpha value is -2.19. The molecule has 1 aromatic rings. The van der Waals surface area contributed by atoms with Gasteiger partial charge in [0, 0.05) is 19.1 Å². The van der Waals surface area contributed by atoms with Gasteiger partial charge < -0.3 is 20.5 Å². The zero-order chi connectivity index (χ0) is 17.9. The van der Waals surface area contributed by atoms with Gasteiger partial charge in [0.05, 0.1) is 6.10 Å². The summed E-state index contributed by atoms with van der Waals surface area (Å²) < 4.78 is 5.38. The molecule has 1 aliphatic rings. The van der Waals surface area contributed by atoms with E-state index in [0.29, 0.717) is 12.6 Å². The number of benzene rings is 1. The first-order valence-corrected chi connectivity index (χ1v) is 9.09. The lowest BCUT2D eigenvalue weighted by Crippen LogP contribution is -2.45. The molecule has 1 aromatic carbocycles. The standard InChI is InChI=1S/C20H29N3O2/c1-3-15-25-19-11-5-16(6-12-19)13-14-22-20(21-4-2)23-17-7-9-18(24)10-8-17/h1,5-6,11-12,17-18,24H,4,7-10,13-15H2,2H3,(H2,21,22,23). The van der Waals surface area contributed by atoms with Crippen molar-refractivity contribution in [3.8, 4) is 18.1 Å². The molecule has 3 N–H and O–H groups in total. The Labute approximate surface area is 150 Å². The lowest BCUT2D eigenvalue weighted by Gasteiger charge is -2.27. The Balaban J connectivity index is 1.81. The van der Waals surface area contributed by atoms with Crippen molar-refractivity contribution >= 4 is 5.96 Å². The summed E-state index contributed by atoms with van der Waals surface area (Å²) in [6.07, 6.45) is 9.64. The molecule has 1 fully saturated rings. The van der Waals surface area contributed by atoms with Crippen LogP contribution in [-0.2, 0) is 6.42 Å². The molecule has 25 heavy (non-hydrogen) atoms. The molecule has 136 valence electrons. The van der Waals surface area contributed by atoms with Gasteiger partial charge in [0.2, 0.25) is 0 Å². The number of hydrogen-bond donors (Lipinski definition) is 3. The van der Waals surface area contributed by atoms with Crippen molar-refractivity contribution in [3.63, 3.8) is 0 Å². The largest absolute Gasteiger partial charge is 0.481 e. The number of terminal acetylenes is 1. The van der Waals surface area contributed by atoms with Crippen molar-refractivity contribution in [1.29, 1.82) is 0 Å². The summed E-state index contributed by atoms with van der Waals surface area (Å²) >= 11 is 0. The maximum absolute atomic E-state index is 9.61. The molecule has 0 amide bonds. The lowest BCUT2D eigenvalue weighted by atomic mass is 9.93. The summed E-state index contributed by atoms with van der Waals surface area (Å²) in [5.74, 6) is 4.11. The molecule has 0 bridgehead atoms. The summed E-state index contributed by atoms with van der Waals surface area (Å²) in [5, 5.41) is 16.4. The van der Waals surface area contributed by atoms with Crippen LogP contribution in [-0.4, -0.2) is 42.9 Å². The molecule has 0 atom stereocenters. The molecular formula is C20H29N3O2. The van der Waals surface area contributed by atoms with E-state index in [0.717, 1.165) is 56.9 Å². The van der Waals surface area contributed by atoms with Gasteiger partial charge in [0.1, 0.15) is 12.4 Å². The van der Waals surface area contributed by atoms with Crippen LogP contribution in [0, 0.1) is 12.3 Å². The fraction of sp³-hybridized carbons (Fsp3) is 0.550. The van der Waals surface area contributed by atoms with Gasteiger partial charge in [-0.15, -0.1) is 6.42 Å². The number of nitrogens with one attached hydrogen (secondary N) is 2. The van der Waals surface area contributed by atoms with E-state index in [2.05, 4.69) is 28.5 Å². The highest BCUT2D eigenvalue weighted by Gasteiger charge is 2.19. The fourth-order valence-corrected chi connectivity index (χ4v) is 2.91. The van der Waals surface area contributed by atoms with E-state index in [1.807, 2.05) is 24.3 Å². The molecule has 0 heterocycles. The quantitative estimate of drug-likeness (QED) is 0.403. The first-order chi connectivity index (χ1) is 12.2. The Morgan fingerprint density at radius 1 is 1.28 bits per heavy atom. The molecular weight excluding hydrogens is 314 g/mol. The van der Waals surface area contributed by atoms with Gasteiger partial charge in [-0.05, 0) is 56.7 Å². The lowest BCUT2D eigenvalue weighted by molar-refractivity contribution is 0.120. The predicted octanol–water partition coefficient (Wildman–Crippen LogP) is 2.10. The van der Waals surface area contributed by atoms with Crippen LogP contribution in [0.4, 0.5) is 0 Å². The van der Waals surface area contributed by atoms with E-state index in [4.69, 9.17) is 11.2 Å². The Morgan fingerprint density at radius 2 is 2.00 bits per heavy atom. The van der Waals surface area contributed by atoms with Crippen molar-refractivity contribution in [2.45, 2.75) is 51.2 Å². The van der Waals surface area contributed by atoms with Crippen LogP contribution in [0.15, 0.2) is 29.3 Å². The Bertz CT molecular complexity index is 570. The van der Waals surface area contributed by atoms with Gasteiger partial charge in [-0.25, -0.2) is 0 Å². The maximum Gasteiger partial charge on any atom is 0.191 e. The SMILES string of the molecule is C#CCOc1ccc(CCN=C(NCC)NC2CCC(O)CC2)cc1. The highest BCUT2D eigenvalue weighted by atomic mass is 16.5. The van der Waals surface area contributed by atoms with Gasteiger partial charge in [-0.3, -0.25) is 4.99 Å². The number of hydrogen-bond acceptors (Lipinski definition) is 3. The molecule has 5 nitrogen and oxygen atoms in total. The Kier molecular flexibility index (Phi) is 8.14. The average Bonchev–Trinajstić information content (AvgIpc) is 2.63. The first kappa shape index (κ1) is 19.1. The van der Waals surface area contributed by atoms with E-state index in [1.54, 1.807) is 0 Å². The Morgan fingerprint density at radius 3 is 2.64 bits per heavy atom. The zero-order valence-electron chi connectivity index (χ0n) is 15.0. The molecule has 5 heteroatoms. The smallest absolute Gasteiger partial charge is 0.191 e. The third-order valence-corrected chi connectivity index (χ3v) is 4.30. The third-order valence-electron chi connectivity index (χ3n) is 4.30. The van der Waals surface area contributed by atoms with Crippen molar-refractivity contribution in [2.75, 3.05) is 19.7 Å². The van der Waals surface area contributed by atoms with E-state index >= 15 is 0 Å². The van der Waals surface area contributed by atoms with Crippen LogP contribution < -0.4 is 15.4 Å². The molecule has 0 aliphatic heterocycles. The van der Waals surface area contributed by atoms with Gasteiger partial charge in [-0.1, -0.05) is 18.1 Å². The molecule has 0 unspecified atom stereocenters. The topological polar surface area (TPSA) is 65.9 Å². The molecule has 0 spiro atoms. The number of aliphatic hydroxyl groups is 1. The minimum atomic E-state index is -0.134. The normalized spacial score (nSPS) is 20.6. The summed E-state index contributed by atoms with van der Waals surface area (Å²) in [7, 11) is 0. The zero-order valence-corrected chi connectivity index (χ0v) is 15.0. The second-order valence-electron chi connectivity index (χ2n) is 6.30. The molecule has 1 aliphatic carbocycles. The highest BCUT2D eigenvalue weighted by Crippen LogP contribution is 2.18. The van der Waals surface area contributed by atoms with Gasteiger partial charge in [-0.2, -0.15) is 0 Å². The maximum atomic E-state index is 9.61. The third kappa shape index (κ3) is 7.06. The predicted molar refractivity (Wildman–Crippen MR) is 102 cm³/mol. The van der Waals surface area contributed by atoms with E-state index in [1.165, 1.54) is 5.56 Å². The fourth-order valence-electron chi connectivity index (χ4n) is 2.91. The summed E-state index contributed by atoms with van der Waals surface area (Å²) in [4.78, 5) is 4.67. The van der Waals surface area contributed by atoms with Crippen LogP contribution in [0.1, 0.15) is 38.2 Å². The van der Waals surface area contributed by atoms with E-state index in [9.17, 15) is 5.11 Å². The van der Waals surface area contributed by atoms with Crippen molar-refractivity contribution in [3.05, 3.63) is 29.8 Å². The summed E-state index contributed by atoms with van der Waals surface area (Å²) in [5.41, 5.74) is 1.22. The number of aliphatic hydroxyl groups excluding tert-OH is 1. The van der Waals surface area contributed by atoms with Crippen LogP contribution >= 0.6 is 0 Å². The van der Waals surface area contributed by atoms with Crippen LogP contribution in [0.25, 0.3) is 0 Å². The van der Waals surface area contributed by atoms with Crippen LogP contribution in [0.5, 0.6) is 5.75 Å². The number of rotatable bonds is 7. The van der Waals surface area contributed by atoms with Crippen molar-refractivity contribution in [2.24, 2.45) is 4.99 Å². The highest BCUT2D eigenvalue weighted by molar-refractivity contribution is 5.80. The van der Waals surface area contributed by atoms with Crippen molar-refractivity contribution in [1.82, 2.24) is 10.6 Å². The van der Waals surface area contributed by atoms with E-state index in [-0.39, 0.29) is 6.10 Å². The van der Waals surface area contributed by atoms with Crippen molar-refractivity contribution < 1.29 is 9.84 Å².